The third-order valence-corrected chi connectivity index (χ3v) is 1.56. The highest BCUT2D eigenvalue weighted by molar-refractivity contribution is 5.75. The van der Waals surface area contributed by atoms with Gasteiger partial charge < -0.3 is 11.1 Å². The third-order valence-electron chi connectivity index (χ3n) is 1.56. The molecule has 1 heterocycles. The van der Waals surface area contributed by atoms with Crippen LogP contribution in [0.5, 0.6) is 0 Å². The first-order chi connectivity index (χ1) is 7.40. The van der Waals surface area contributed by atoms with Gasteiger partial charge >= 0.3 is 6.18 Å². The van der Waals surface area contributed by atoms with Crippen LogP contribution in [0.2, 0.25) is 0 Å². The molecule has 0 saturated heterocycles. The molecule has 0 aliphatic carbocycles. The van der Waals surface area contributed by atoms with Gasteiger partial charge in [-0.05, 0) is 0 Å². The molecule has 0 radical (unpaired) electrons. The lowest BCUT2D eigenvalue weighted by Crippen LogP contribution is -2.35. The minimum atomic E-state index is -4.42. The number of nitrogens with two attached hydrogens (primary N) is 1. The Kier molecular flexibility index (Phi) is 3.82. The van der Waals surface area contributed by atoms with Crippen LogP contribution in [0.4, 0.5) is 13.2 Å². The van der Waals surface area contributed by atoms with Gasteiger partial charge in [-0.3, -0.25) is 4.79 Å². The van der Waals surface area contributed by atoms with Crippen molar-refractivity contribution in [3.8, 4) is 0 Å². The van der Waals surface area contributed by atoms with Gasteiger partial charge in [0.2, 0.25) is 5.91 Å². The van der Waals surface area contributed by atoms with Crippen molar-refractivity contribution in [3.63, 3.8) is 0 Å². The van der Waals surface area contributed by atoms with Gasteiger partial charge in [0.1, 0.15) is 19.4 Å². The molecule has 3 N–H and O–H groups in total. The van der Waals surface area contributed by atoms with Gasteiger partial charge in [-0.15, -0.1) is 0 Å². The summed E-state index contributed by atoms with van der Waals surface area (Å²) in [6.07, 6.45) is -3.18. The summed E-state index contributed by atoms with van der Waals surface area (Å²) in [4.78, 5) is 14.7. The van der Waals surface area contributed by atoms with Crippen molar-refractivity contribution in [2.75, 3.05) is 6.54 Å². The number of carbonyl (C=O) groups is 1. The molecule has 0 aromatic carbocycles. The lowest BCUT2D eigenvalue weighted by Gasteiger charge is -2.07. The summed E-state index contributed by atoms with van der Waals surface area (Å²) in [6.45, 7) is -1.56. The van der Waals surface area contributed by atoms with Crippen LogP contribution in [0, 0.1) is 0 Å². The van der Waals surface area contributed by atoms with E-state index in [1.54, 1.807) is 5.32 Å². The van der Waals surface area contributed by atoms with E-state index >= 15 is 0 Å². The zero-order valence-electron chi connectivity index (χ0n) is 8.16. The Morgan fingerprint density at radius 3 is 2.75 bits per heavy atom. The molecular formula is C7H10F3N5O. The molecule has 0 aliphatic heterocycles. The van der Waals surface area contributed by atoms with E-state index in [1.165, 1.54) is 6.33 Å². The maximum atomic E-state index is 11.7. The molecule has 0 bridgehead atoms. The molecule has 1 aromatic heterocycles. The molecule has 90 valence electrons. The summed E-state index contributed by atoms with van der Waals surface area (Å²) in [5, 5.41) is 5.47. The summed E-state index contributed by atoms with van der Waals surface area (Å²) in [5.74, 6) is -0.464. The first-order valence-electron chi connectivity index (χ1n) is 4.32. The first kappa shape index (κ1) is 12.4. The molecule has 0 saturated carbocycles. The van der Waals surface area contributed by atoms with E-state index in [1.807, 2.05) is 0 Å². The third kappa shape index (κ3) is 4.26. The monoisotopic (exact) mass is 237 g/mol. The van der Waals surface area contributed by atoms with Gasteiger partial charge in [0.25, 0.3) is 0 Å². The maximum absolute atomic E-state index is 11.7. The van der Waals surface area contributed by atoms with Gasteiger partial charge in [0.15, 0.2) is 5.82 Å². The fourth-order valence-corrected chi connectivity index (χ4v) is 0.905. The summed E-state index contributed by atoms with van der Waals surface area (Å²) in [6, 6.07) is 0. The van der Waals surface area contributed by atoms with Crippen LogP contribution in [0.3, 0.4) is 0 Å². The molecule has 0 atom stereocenters. The predicted molar refractivity (Wildman–Crippen MR) is 47.0 cm³/mol. The van der Waals surface area contributed by atoms with Crippen LogP contribution in [-0.4, -0.2) is 33.4 Å². The fourth-order valence-electron chi connectivity index (χ4n) is 0.905. The summed E-state index contributed by atoms with van der Waals surface area (Å²) in [5.41, 5.74) is 5.22. The molecule has 0 fully saturated rings. The standard InChI is InChI=1S/C7H10F3N5O/c8-7(9,10)3-12-6(16)2-15-4-13-5(1-11)14-15/h4H,1-3,11H2,(H,12,16). The number of alkyl halides is 3. The molecule has 16 heavy (non-hydrogen) atoms. The number of aromatic nitrogens is 3. The number of amides is 1. The Morgan fingerprint density at radius 1 is 1.56 bits per heavy atom. The average molecular weight is 237 g/mol. The fraction of sp³-hybridized carbons (Fsp3) is 0.571. The van der Waals surface area contributed by atoms with Crippen molar-refractivity contribution in [1.29, 1.82) is 0 Å². The van der Waals surface area contributed by atoms with Crippen molar-refractivity contribution in [2.24, 2.45) is 5.73 Å². The van der Waals surface area contributed by atoms with E-state index in [4.69, 9.17) is 5.73 Å². The number of nitrogens with one attached hydrogen (secondary N) is 1. The van der Waals surface area contributed by atoms with Crippen LogP contribution in [0.25, 0.3) is 0 Å². The van der Waals surface area contributed by atoms with E-state index in [0.717, 1.165) is 4.68 Å². The Labute approximate surface area is 88.6 Å². The van der Waals surface area contributed by atoms with Crippen molar-refractivity contribution in [2.45, 2.75) is 19.3 Å². The van der Waals surface area contributed by atoms with Gasteiger partial charge in [-0.1, -0.05) is 0 Å². The molecule has 9 heteroatoms. The van der Waals surface area contributed by atoms with Crippen LogP contribution >= 0.6 is 0 Å². The number of rotatable bonds is 4. The topological polar surface area (TPSA) is 85.8 Å². The van der Waals surface area contributed by atoms with Gasteiger partial charge in [-0.25, -0.2) is 9.67 Å². The quantitative estimate of drug-likeness (QED) is 0.733. The van der Waals surface area contributed by atoms with E-state index in [-0.39, 0.29) is 13.1 Å². The Hall–Kier alpha value is -1.64. The second-order valence-corrected chi connectivity index (χ2v) is 2.95. The van der Waals surface area contributed by atoms with E-state index in [9.17, 15) is 18.0 Å². The first-order valence-corrected chi connectivity index (χ1v) is 4.32. The van der Waals surface area contributed by atoms with Gasteiger partial charge in [-0.2, -0.15) is 18.3 Å². The Balaban J connectivity index is 2.40. The molecule has 0 spiro atoms. The molecule has 1 amide bonds. The lowest BCUT2D eigenvalue weighted by molar-refractivity contribution is -0.138. The number of nitrogens with zero attached hydrogens (tertiary/aromatic N) is 3. The zero-order valence-corrected chi connectivity index (χ0v) is 8.16. The minimum absolute atomic E-state index is 0.108. The highest BCUT2D eigenvalue weighted by Crippen LogP contribution is 2.11. The van der Waals surface area contributed by atoms with Crippen LogP contribution < -0.4 is 11.1 Å². The summed E-state index contributed by atoms with van der Waals surface area (Å²) >= 11 is 0. The Bertz CT molecular complexity index is 361. The van der Waals surface area contributed by atoms with Crippen molar-refractivity contribution >= 4 is 5.91 Å². The number of hydrogen-bond acceptors (Lipinski definition) is 4. The maximum Gasteiger partial charge on any atom is 0.405 e. The summed E-state index contributed by atoms with van der Waals surface area (Å²) < 4.78 is 36.4. The van der Waals surface area contributed by atoms with E-state index in [2.05, 4.69) is 10.1 Å². The van der Waals surface area contributed by atoms with Crippen molar-refractivity contribution in [3.05, 3.63) is 12.2 Å². The largest absolute Gasteiger partial charge is 0.405 e. The van der Waals surface area contributed by atoms with Crippen molar-refractivity contribution < 1.29 is 18.0 Å². The second kappa shape index (κ2) is 4.92. The minimum Gasteiger partial charge on any atom is -0.345 e. The smallest absolute Gasteiger partial charge is 0.345 e. The molecular weight excluding hydrogens is 227 g/mol. The van der Waals surface area contributed by atoms with E-state index in [0.29, 0.717) is 5.82 Å². The van der Waals surface area contributed by atoms with Gasteiger partial charge in [0, 0.05) is 0 Å². The Morgan fingerprint density at radius 2 is 2.25 bits per heavy atom. The van der Waals surface area contributed by atoms with Crippen LogP contribution in [0.1, 0.15) is 5.82 Å². The number of hydrogen-bond donors (Lipinski definition) is 2. The van der Waals surface area contributed by atoms with Crippen molar-refractivity contribution in [1.82, 2.24) is 20.1 Å². The van der Waals surface area contributed by atoms with Crippen LogP contribution in [0.15, 0.2) is 6.33 Å². The summed E-state index contributed by atoms with van der Waals surface area (Å²) in [7, 11) is 0. The normalized spacial score (nSPS) is 11.5. The van der Waals surface area contributed by atoms with Gasteiger partial charge in [0.05, 0.1) is 6.54 Å². The highest BCUT2D eigenvalue weighted by atomic mass is 19.4. The molecule has 0 unspecified atom stereocenters. The van der Waals surface area contributed by atoms with E-state index < -0.39 is 18.6 Å². The molecule has 1 rings (SSSR count). The van der Waals surface area contributed by atoms with Crippen LogP contribution in [-0.2, 0) is 17.9 Å². The average Bonchev–Trinajstić information content (AvgIpc) is 2.61. The number of carbonyl (C=O) groups excluding carboxylic acids is 1. The zero-order chi connectivity index (χ0) is 12.2. The lowest BCUT2D eigenvalue weighted by atomic mass is 10.5. The second-order valence-electron chi connectivity index (χ2n) is 2.95. The molecule has 6 nitrogen and oxygen atoms in total. The molecule has 1 aromatic rings. The number of halogens is 3. The predicted octanol–water partition coefficient (Wildman–Crippen LogP) is -0.585. The molecule has 0 aliphatic rings. The SMILES string of the molecule is NCc1ncn(CC(=O)NCC(F)(F)F)n1. The highest BCUT2D eigenvalue weighted by Gasteiger charge is 2.27.